The van der Waals surface area contributed by atoms with Crippen molar-refractivity contribution in [1.29, 1.82) is 0 Å². The first-order valence-corrected chi connectivity index (χ1v) is 5.70. The molecule has 1 aliphatic heterocycles. The second kappa shape index (κ2) is 2.70. The molecule has 1 rings (SSSR count). The van der Waals surface area contributed by atoms with Crippen LogP contribution in [0.25, 0.3) is 0 Å². The van der Waals surface area contributed by atoms with Crippen LogP contribution in [0, 0.1) is 0 Å². The van der Waals surface area contributed by atoms with E-state index >= 15 is 0 Å². The van der Waals surface area contributed by atoms with E-state index in [2.05, 4.69) is 13.0 Å². The minimum atomic E-state index is 0.603. The van der Waals surface area contributed by atoms with Crippen molar-refractivity contribution in [3.63, 3.8) is 0 Å². The second-order valence-corrected chi connectivity index (χ2v) is 4.42. The average Bonchev–Trinajstić information content (AvgIpc) is 2.14. The minimum absolute atomic E-state index is 0.603. The summed E-state index contributed by atoms with van der Waals surface area (Å²) in [6.07, 6.45) is 3.73. The summed E-state index contributed by atoms with van der Waals surface area (Å²) in [5.74, 6) is 0. The summed E-state index contributed by atoms with van der Waals surface area (Å²) in [7, 11) is 0. The summed E-state index contributed by atoms with van der Waals surface area (Å²) in [5.41, 5.74) is 1.72. The molecular formula is C6H10I-. The van der Waals surface area contributed by atoms with Crippen LogP contribution in [0.5, 0.6) is 0 Å². The molecule has 42 valence electrons. The van der Waals surface area contributed by atoms with Crippen LogP contribution in [0.1, 0.15) is 13.3 Å². The molecule has 0 atom stereocenters. The van der Waals surface area contributed by atoms with Crippen molar-refractivity contribution in [1.82, 2.24) is 0 Å². The van der Waals surface area contributed by atoms with Gasteiger partial charge in [0.2, 0.25) is 0 Å². The van der Waals surface area contributed by atoms with Gasteiger partial charge in [-0.15, -0.1) is 0 Å². The van der Waals surface area contributed by atoms with Gasteiger partial charge in [-0.1, -0.05) is 0 Å². The normalized spacial score (nSPS) is 21.0. The molecule has 0 unspecified atom stereocenters. The van der Waals surface area contributed by atoms with Crippen molar-refractivity contribution in [2.45, 2.75) is 13.3 Å². The molecule has 0 saturated carbocycles. The van der Waals surface area contributed by atoms with Gasteiger partial charge in [0, 0.05) is 0 Å². The van der Waals surface area contributed by atoms with Gasteiger partial charge in [0.15, 0.2) is 0 Å². The standard InChI is InChI=1S/C6H10I/c1-2-6-3-4-7-5-6/h3H,2,4-5H2,1H3/q-1. The Bertz CT molecular complexity index is 84.2. The topological polar surface area (TPSA) is 0 Å². The van der Waals surface area contributed by atoms with Gasteiger partial charge in [-0.2, -0.15) is 0 Å². The zero-order valence-electron chi connectivity index (χ0n) is 4.58. The fourth-order valence-corrected chi connectivity index (χ4v) is 3.42. The Balaban J connectivity index is 2.36. The average molecular weight is 209 g/mol. The van der Waals surface area contributed by atoms with Crippen molar-refractivity contribution in [2.75, 3.05) is 8.86 Å². The Kier molecular flexibility index (Phi) is 2.16. The molecule has 0 amide bonds. The fourth-order valence-electron chi connectivity index (χ4n) is 0.633. The fraction of sp³-hybridized carbons (Fsp3) is 0.667. The molecular weight excluding hydrogens is 199 g/mol. The summed E-state index contributed by atoms with van der Waals surface area (Å²) in [4.78, 5) is 0. The zero-order chi connectivity index (χ0) is 5.11. The third-order valence-electron chi connectivity index (χ3n) is 1.20. The van der Waals surface area contributed by atoms with E-state index in [9.17, 15) is 0 Å². The summed E-state index contributed by atoms with van der Waals surface area (Å²) in [6.45, 7) is 2.25. The third kappa shape index (κ3) is 1.44. The Morgan fingerprint density at radius 2 is 2.71 bits per heavy atom. The van der Waals surface area contributed by atoms with E-state index in [4.69, 9.17) is 0 Å². The van der Waals surface area contributed by atoms with Gasteiger partial charge < -0.3 is 0 Å². The quantitative estimate of drug-likeness (QED) is 0.278. The van der Waals surface area contributed by atoms with E-state index in [1.54, 1.807) is 5.57 Å². The zero-order valence-corrected chi connectivity index (χ0v) is 6.73. The van der Waals surface area contributed by atoms with Crippen LogP contribution in [0.4, 0.5) is 0 Å². The van der Waals surface area contributed by atoms with Crippen molar-refractivity contribution in [3.05, 3.63) is 11.6 Å². The predicted molar refractivity (Wildman–Crippen MR) is 28.1 cm³/mol. The van der Waals surface area contributed by atoms with Gasteiger partial charge in [-0.05, 0) is 0 Å². The van der Waals surface area contributed by atoms with Crippen LogP contribution in [-0.2, 0) is 0 Å². The van der Waals surface area contributed by atoms with Crippen molar-refractivity contribution >= 4 is 0 Å². The molecule has 0 aromatic carbocycles. The summed E-state index contributed by atoms with van der Waals surface area (Å²) in [5, 5.41) is 0. The van der Waals surface area contributed by atoms with Crippen LogP contribution >= 0.6 is 0 Å². The molecule has 1 aliphatic rings. The summed E-state index contributed by atoms with van der Waals surface area (Å²) in [6, 6.07) is 0. The SMILES string of the molecule is CCC1=CC[I-]C1. The van der Waals surface area contributed by atoms with E-state index in [1.165, 1.54) is 15.3 Å². The Morgan fingerprint density at radius 3 is 3.00 bits per heavy atom. The molecule has 0 spiro atoms. The Labute approximate surface area is 55.3 Å². The molecule has 0 saturated heterocycles. The summed E-state index contributed by atoms with van der Waals surface area (Å²) < 4.78 is 2.93. The van der Waals surface area contributed by atoms with Crippen LogP contribution in [0.15, 0.2) is 11.6 Å². The molecule has 0 N–H and O–H groups in total. The van der Waals surface area contributed by atoms with Crippen molar-refractivity contribution in [2.24, 2.45) is 0 Å². The molecule has 1 heteroatoms. The van der Waals surface area contributed by atoms with Gasteiger partial charge >= 0.3 is 55.1 Å². The van der Waals surface area contributed by atoms with Crippen LogP contribution in [-0.4, -0.2) is 8.86 Å². The Hall–Kier alpha value is 0.470. The van der Waals surface area contributed by atoms with Crippen LogP contribution in [0.3, 0.4) is 0 Å². The van der Waals surface area contributed by atoms with Gasteiger partial charge in [-0.3, -0.25) is 0 Å². The number of halogens is 1. The third-order valence-corrected chi connectivity index (χ3v) is 3.78. The van der Waals surface area contributed by atoms with E-state index < -0.39 is 0 Å². The first kappa shape index (κ1) is 5.60. The second-order valence-electron chi connectivity index (χ2n) is 1.69. The molecule has 0 aromatic rings. The molecule has 0 bridgehead atoms. The molecule has 0 aliphatic carbocycles. The predicted octanol–water partition coefficient (Wildman–Crippen LogP) is -1.57. The Morgan fingerprint density at radius 1 is 1.86 bits per heavy atom. The number of rotatable bonds is 1. The molecule has 0 fully saturated rings. The number of alkyl halides is 2. The van der Waals surface area contributed by atoms with Crippen LogP contribution < -0.4 is 21.2 Å². The van der Waals surface area contributed by atoms with Crippen molar-refractivity contribution < 1.29 is 21.2 Å². The van der Waals surface area contributed by atoms with Gasteiger partial charge in [-0.25, -0.2) is 0 Å². The van der Waals surface area contributed by atoms with E-state index in [1.807, 2.05) is 0 Å². The first-order chi connectivity index (χ1) is 3.43. The van der Waals surface area contributed by atoms with Crippen LogP contribution in [0.2, 0.25) is 0 Å². The number of hydrogen-bond acceptors (Lipinski definition) is 0. The van der Waals surface area contributed by atoms with Gasteiger partial charge in [0.1, 0.15) is 0 Å². The molecule has 0 nitrogen and oxygen atoms in total. The molecule has 1 heterocycles. The number of hydrogen-bond donors (Lipinski definition) is 0. The molecule has 0 aromatic heterocycles. The van der Waals surface area contributed by atoms with E-state index in [0.717, 1.165) is 0 Å². The first-order valence-electron chi connectivity index (χ1n) is 2.65. The summed E-state index contributed by atoms with van der Waals surface area (Å²) >= 11 is 0.603. The maximum atomic E-state index is 2.42. The maximum absolute atomic E-state index is 2.42. The van der Waals surface area contributed by atoms with E-state index in [-0.39, 0.29) is 0 Å². The van der Waals surface area contributed by atoms with E-state index in [0.29, 0.717) is 21.2 Å². The van der Waals surface area contributed by atoms with Gasteiger partial charge in [0.25, 0.3) is 0 Å². The van der Waals surface area contributed by atoms with Gasteiger partial charge in [0.05, 0.1) is 0 Å². The molecule has 7 heavy (non-hydrogen) atoms. The number of allylic oxidation sites excluding steroid dienone is 2. The molecule has 0 radical (unpaired) electrons. The monoisotopic (exact) mass is 209 g/mol. The van der Waals surface area contributed by atoms with Crippen molar-refractivity contribution in [3.8, 4) is 0 Å².